The Morgan fingerprint density at radius 2 is 0.931 bits per heavy atom. The number of carbonyl (C=O) groups excluding carboxylic acids is 6. The number of amides is 4. The quantitative estimate of drug-likeness (QED) is 0.0392. The van der Waals surface area contributed by atoms with E-state index in [0.717, 1.165) is 82.5 Å². The zero-order valence-electron chi connectivity index (χ0n) is 59.8. The van der Waals surface area contributed by atoms with E-state index in [2.05, 4.69) is 91.5 Å². The summed E-state index contributed by atoms with van der Waals surface area (Å²) in [5.74, 6) is -4.26. The molecule has 11 atom stereocenters. The number of esters is 2. The fraction of sp³-hybridized carbons (Fsp3) is 0.500. The lowest BCUT2D eigenvalue weighted by Gasteiger charge is -2.35. The molecular formula is C84H96F2N4O12. The molecule has 6 fully saturated rings. The molecular weight excluding hydrogens is 1290 g/mol. The molecule has 0 aliphatic heterocycles. The highest BCUT2D eigenvalue weighted by Crippen LogP contribution is 2.51. The van der Waals surface area contributed by atoms with E-state index in [-0.39, 0.29) is 124 Å². The van der Waals surface area contributed by atoms with E-state index in [0.29, 0.717) is 64.2 Å². The van der Waals surface area contributed by atoms with Crippen LogP contribution in [-0.2, 0) is 41.9 Å². The normalized spacial score (nSPS) is 30.0. The van der Waals surface area contributed by atoms with Crippen LogP contribution in [0.15, 0.2) is 127 Å². The lowest BCUT2D eigenvalue weighted by Crippen LogP contribution is -2.52. The Hall–Kier alpha value is -8.80. The van der Waals surface area contributed by atoms with Gasteiger partial charge in [-0.3, -0.25) is 28.8 Å². The van der Waals surface area contributed by atoms with Gasteiger partial charge in [-0.2, -0.15) is 0 Å². The second-order valence-electron chi connectivity index (χ2n) is 32.4. The van der Waals surface area contributed by atoms with Gasteiger partial charge in [-0.1, -0.05) is 137 Å². The topological polar surface area (TPSA) is 206 Å². The van der Waals surface area contributed by atoms with Crippen LogP contribution >= 0.6 is 0 Å². The number of methoxy groups -OCH3 is 2. The summed E-state index contributed by atoms with van der Waals surface area (Å²) >= 11 is 0. The predicted octanol–water partition coefficient (Wildman–Crippen LogP) is 15.1. The van der Waals surface area contributed by atoms with Crippen LogP contribution in [0.3, 0.4) is 0 Å². The van der Waals surface area contributed by atoms with Gasteiger partial charge in [-0.15, -0.1) is 0 Å². The zero-order valence-corrected chi connectivity index (χ0v) is 59.8. The van der Waals surface area contributed by atoms with Crippen molar-refractivity contribution in [2.45, 2.75) is 193 Å². The SMILES string of the molecule is COc1cc(F)c(O[C@H]2CC[C@@](C)(C(=O)OCc3cccc4c(C5C[C@@H](NC(=O)[C@@H]6[C@H](NC(=O)c7cc(O[C@H]8CC[C@@](C)(C(=O)OCc9cccc%10ccccc9%10)CC8)c(F)cc7OC)[C@H]7C=C[C@@H]6C7)C(C)(C)C5)cccc34)CC2)cc1C(=O)N[C@H]1[C@@H](C(=O)N[C@H]2CCCC2(C)C)[C@@H]2C=C[C@H]1C2. The molecule has 14 rings (SSSR count). The van der Waals surface area contributed by atoms with E-state index in [1.165, 1.54) is 26.4 Å². The molecule has 18 heteroatoms. The maximum atomic E-state index is 15.9. The highest BCUT2D eigenvalue weighted by Gasteiger charge is 2.53. The molecule has 6 aromatic rings. The average Bonchev–Trinajstić information content (AvgIpc) is 1.61. The van der Waals surface area contributed by atoms with E-state index >= 15 is 8.78 Å². The first-order valence-electron chi connectivity index (χ1n) is 36.9. The molecule has 6 aromatic carbocycles. The summed E-state index contributed by atoms with van der Waals surface area (Å²) in [5, 5.41) is 17.3. The van der Waals surface area contributed by atoms with Gasteiger partial charge in [0, 0.05) is 36.3 Å². The lowest BCUT2D eigenvalue weighted by atomic mass is 9.74. The standard InChI is InChI=1S/C84H96F2N4O12/c1-81(2)32-14-23-69(81)87-77(93)71-48-24-26-50(37-48)73(71)89-75(91)61-40-67(63(85)42-65(61)97-7)102-56-30-35-84(6,36-31-56)80(96)100-46-53-18-12-22-60-58(53)20-13-21-59(60)54-39-70(82(3,4)44-54)88-78(94)72-49-25-27-51(38-49)74(72)90-76(92)62-41-68(64(86)43-66(62)98-8)101-55-28-33-83(5,34-29-55)79(95)99-45-52-17-11-16-47-15-9-10-19-57(47)52/h9-13,15-22,24-27,40-43,48-51,54-56,69-74H,14,23,28-39,44-46H2,1-8H3,(H,87,93)(H,88,94)(H,89,91)(H,90,92)/t48-,49-,50+,51+,54?,55-,56-,69+,70-,71+,72+,73-,74-,83+,84+/m1/s1. The van der Waals surface area contributed by atoms with E-state index in [9.17, 15) is 28.8 Å². The number of hydrogen-bond donors (Lipinski definition) is 4. The summed E-state index contributed by atoms with van der Waals surface area (Å²) < 4.78 is 67.5. The van der Waals surface area contributed by atoms with Crippen molar-refractivity contribution in [1.82, 2.24) is 21.3 Å². The zero-order chi connectivity index (χ0) is 71.6. The highest BCUT2D eigenvalue weighted by atomic mass is 19.1. The maximum Gasteiger partial charge on any atom is 0.312 e. The third-order valence-electron chi connectivity index (χ3n) is 25.0. The molecule has 1 unspecified atom stereocenters. The third kappa shape index (κ3) is 13.8. The molecule has 4 amide bonds. The van der Waals surface area contributed by atoms with Gasteiger partial charge in [0.25, 0.3) is 11.8 Å². The molecule has 16 nitrogen and oxygen atoms in total. The van der Waals surface area contributed by atoms with Gasteiger partial charge in [0.05, 0.1) is 60.2 Å². The van der Waals surface area contributed by atoms with Crippen LogP contribution in [0.2, 0.25) is 0 Å². The smallest absolute Gasteiger partial charge is 0.312 e. The van der Waals surface area contributed by atoms with Crippen LogP contribution in [0.4, 0.5) is 8.78 Å². The predicted molar refractivity (Wildman–Crippen MR) is 384 cm³/mol. The number of fused-ring (bicyclic) bond motifs is 6. The summed E-state index contributed by atoms with van der Waals surface area (Å²) in [5.41, 5.74) is 1.27. The molecule has 102 heavy (non-hydrogen) atoms. The Morgan fingerprint density at radius 1 is 0.471 bits per heavy atom. The molecule has 4 bridgehead atoms. The second-order valence-corrected chi connectivity index (χ2v) is 32.4. The number of nitrogens with one attached hydrogen (secondary N) is 4. The molecule has 8 aliphatic carbocycles. The van der Waals surface area contributed by atoms with Crippen LogP contribution in [-0.4, -0.2) is 86.2 Å². The van der Waals surface area contributed by atoms with Gasteiger partial charge >= 0.3 is 11.9 Å². The molecule has 4 N–H and O–H groups in total. The van der Waals surface area contributed by atoms with Gasteiger partial charge < -0.3 is 49.7 Å². The van der Waals surface area contributed by atoms with Crippen LogP contribution in [0.25, 0.3) is 21.5 Å². The van der Waals surface area contributed by atoms with E-state index in [4.69, 9.17) is 28.4 Å². The first-order valence-corrected chi connectivity index (χ1v) is 36.9. The van der Waals surface area contributed by atoms with Gasteiger partial charge in [-0.25, -0.2) is 8.78 Å². The molecule has 0 saturated heterocycles. The van der Waals surface area contributed by atoms with E-state index < -0.39 is 70.4 Å². The first-order chi connectivity index (χ1) is 48.9. The monoisotopic (exact) mass is 1390 g/mol. The van der Waals surface area contributed by atoms with Crippen molar-refractivity contribution >= 4 is 57.1 Å². The van der Waals surface area contributed by atoms with Crippen LogP contribution in [0, 0.1) is 68.8 Å². The minimum Gasteiger partial charge on any atom is -0.496 e. The number of carbonyl (C=O) groups is 6. The first kappa shape index (κ1) is 70.2. The molecule has 538 valence electrons. The average molecular weight is 1390 g/mol. The Bertz CT molecular complexity index is 4310. The number of benzene rings is 6. The maximum absolute atomic E-state index is 15.9. The third-order valence-corrected chi connectivity index (χ3v) is 25.0. The summed E-state index contributed by atoms with van der Waals surface area (Å²) in [6, 6.07) is 30.3. The Labute approximate surface area is 596 Å². The molecule has 0 spiro atoms. The summed E-state index contributed by atoms with van der Waals surface area (Å²) in [6.45, 7) is 12.8. The number of hydrogen-bond acceptors (Lipinski definition) is 12. The van der Waals surface area contributed by atoms with Gasteiger partial charge in [-0.05, 0) is 195 Å². The van der Waals surface area contributed by atoms with Crippen LogP contribution in [0.1, 0.15) is 181 Å². The number of rotatable bonds is 21. The van der Waals surface area contributed by atoms with Crippen LogP contribution in [0.5, 0.6) is 23.0 Å². The van der Waals surface area contributed by atoms with Crippen molar-refractivity contribution in [3.8, 4) is 23.0 Å². The van der Waals surface area contributed by atoms with Crippen molar-refractivity contribution < 1.29 is 66.0 Å². The van der Waals surface area contributed by atoms with Crippen molar-refractivity contribution in [2.75, 3.05) is 14.2 Å². The minimum absolute atomic E-state index is 0.00182. The second kappa shape index (κ2) is 28.1. The number of ether oxygens (including phenoxy) is 6. The van der Waals surface area contributed by atoms with Gasteiger partial charge in [0.2, 0.25) is 11.8 Å². The highest BCUT2D eigenvalue weighted by molar-refractivity contribution is 5.99. The minimum atomic E-state index is -0.822. The number of allylic oxidation sites excluding steroid dienone is 2. The van der Waals surface area contributed by atoms with E-state index in [1.54, 1.807) is 0 Å². The number of halogens is 2. The van der Waals surface area contributed by atoms with Crippen molar-refractivity contribution in [2.24, 2.45) is 57.2 Å². The molecule has 8 aliphatic rings. The lowest BCUT2D eigenvalue weighted by molar-refractivity contribution is -0.160. The van der Waals surface area contributed by atoms with Crippen molar-refractivity contribution in [3.05, 3.63) is 167 Å². The Kier molecular flexibility index (Phi) is 19.4. The Balaban J connectivity index is 0.572. The van der Waals surface area contributed by atoms with Gasteiger partial charge in [0.15, 0.2) is 23.1 Å². The summed E-state index contributed by atoms with van der Waals surface area (Å²) in [6.07, 6.45) is 17.1. The largest absolute Gasteiger partial charge is 0.496 e. The Morgan fingerprint density at radius 3 is 1.45 bits per heavy atom. The molecule has 6 saturated carbocycles. The fourth-order valence-electron chi connectivity index (χ4n) is 18.6. The summed E-state index contributed by atoms with van der Waals surface area (Å²) in [4.78, 5) is 85.1. The van der Waals surface area contributed by atoms with Crippen molar-refractivity contribution in [3.63, 3.8) is 0 Å². The summed E-state index contributed by atoms with van der Waals surface area (Å²) in [7, 11) is 2.77. The van der Waals surface area contributed by atoms with Gasteiger partial charge in [0.1, 0.15) is 24.7 Å². The van der Waals surface area contributed by atoms with E-state index in [1.807, 2.05) is 74.5 Å². The molecule has 0 radical (unpaired) electrons. The molecule has 0 aromatic heterocycles. The molecule has 0 heterocycles. The fourth-order valence-corrected chi connectivity index (χ4v) is 18.6. The van der Waals surface area contributed by atoms with Crippen LogP contribution < -0.4 is 40.2 Å². The van der Waals surface area contributed by atoms with Crippen molar-refractivity contribution in [1.29, 1.82) is 0 Å².